The Bertz CT molecular complexity index is 901. The molecule has 1 aliphatic rings. The van der Waals surface area contributed by atoms with Crippen LogP contribution >= 0.6 is 11.3 Å². The van der Waals surface area contributed by atoms with Crippen LogP contribution in [0, 0.1) is 13.8 Å². The van der Waals surface area contributed by atoms with Crippen molar-refractivity contribution in [3.8, 4) is 11.3 Å². The van der Waals surface area contributed by atoms with E-state index in [-0.39, 0.29) is 11.8 Å². The summed E-state index contributed by atoms with van der Waals surface area (Å²) in [5.74, 6) is 0.208. The zero-order valence-corrected chi connectivity index (χ0v) is 13.4. The Hall–Kier alpha value is -2.66. The molecule has 2 amide bonds. The zero-order valence-electron chi connectivity index (χ0n) is 12.6. The number of nitrogens with zero attached hydrogens (tertiary/aromatic N) is 1. The molecule has 114 valence electrons. The normalized spacial score (nSPS) is 13.7. The number of imide groups is 1. The number of hydrogen-bond donors (Lipinski definition) is 0. The number of thiophene rings is 1. The molecule has 0 atom stereocenters. The van der Waals surface area contributed by atoms with E-state index in [1.54, 1.807) is 24.5 Å². The predicted octanol–water partition coefficient (Wildman–Crippen LogP) is 4.43. The summed E-state index contributed by atoms with van der Waals surface area (Å²) in [5.41, 5.74) is 2.48. The van der Waals surface area contributed by atoms with Crippen molar-refractivity contribution in [3.05, 3.63) is 63.5 Å². The number of carbonyl (C=O) groups excluding carboxylic acids is 2. The van der Waals surface area contributed by atoms with E-state index < -0.39 is 0 Å². The molecule has 0 saturated heterocycles. The Labute approximate surface area is 137 Å². The molecule has 0 spiro atoms. The number of carbonyl (C=O) groups is 2. The minimum absolute atomic E-state index is 0.247. The van der Waals surface area contributed by atoms with Crippen molar-refractivity contribution in [2.75, 3.05) is 4.90 Å². The summed E-state index contributed by atoms with van der Waals surface area (Å²) < 4.78 is 5.39. The van der Waals surface area contributed by atoms with Crippen LogP contribution in [0.4, 0.5) is 5.69 Å². The average Bonchev–Trinajstić information content (AvgIpc) is 3.20. The summed E-state index contributed by atoms with van der Waals surface area (Å²) in [4.78, 5) is 28.5. The van der Waals surface area contributed by atoms with Gasteiger partial charge in [0, 0.05) is 15.3 Å². The van der Waals surface area contributed by atoms with Crippen LogP contribution in [0.2, 0.25) is 0 Å². The van der Waals surface area contributed by atoms with E-state index in [1.807, 2.05) is 32.0 Å². The third kappa shape index (κ3) is 1.97. The lowest BCUT2D eigenvalue weighted by molar-refractivity contribution is 0.0926. The van der Waals surface area contributed by atoms with Gasteiger partial charge >= 0.3 is 0 Å². The van der Waals surface area contributed by atoms with E-state index in [0.717, 1.165) is 15.3 Å². The summed E-state index contributed by atoms with van der Waals surface area (Å²) in [5, 5.41) is 0. The van der Waals surface area contributed by atoms with E-state index in [4.69, 9.17) is 4.42 Å². The lowest BCUT2D eigenvalue weighted by Crippen LogP contribution is -2.29. The highest BCUT2D eigenvalue weighted by atomic mass is 32.1. The molecular weight excluding hydrogens is 310 g/mol. The second-order valence-electron chi connectivity index (χ2n) is 5.44. The van der Waals surface area contributed by atoms with Crippen molar-refractivity contribution < 1.29 is 14.0 Å². The summed E-state index contributed by atoms with van der Waals surface area (Å²) in [6.07, 6.45) is 1.60. The maximum Gasteiger partial charge on any atom is 0.267 e. The van der Waals surface area contributed by atoms with Crippen LogP contribution in [0.5, 0.6) is 0 Å². The van der Waals surface area contributed by atoms with Gasteiger partial charge in [0.2, 0.25) is 0 Å². The fraction of sp³-hybridized carbons (Fsp3) is 0.111. The van der Waals surface area contributed by atoms with Gasteiger partial charge in [0.1, 0.15) is 5.76 Å². The van der Waals surface area contributed by atoms with Crippen molar-refractivity contribution in [1.29, 1.82) is 0 Å². The SMILES string of the molecule is Cc1sc(C)c2c1C(=O)N(c1cccc(-c3ccco3)c1)C2=O. The first-order chi connectivity index (χ1) is 11.1. The fourth-order valence-corrected chi connectivity index (χ4v) is 4.03. The van der Waals surface area contributed by atoms with Crippen molar-refractivity contribution in [1.82, 2.24) is 0 Å². The number of aryl methyl sites for hydroxylation is 2. The monoisotopic (exact) mass is 323 g/mol. The maximum absolute atomic E-state index is 12.7. The molecule has 1 aliphatic heterocycles. The number of furan rings is 1. The molecule has 1 aromatic carbocycles. The quantitative estimate of drug-likeness (QED) is 0.656. The van der Waals surface area contributed by atoms with E-state index >= 15 is 0 Å². The molecule has 3 heterocycles. The Morgan fingerprint density at radius 3 is 2.26 bits per heavy atom. The molecule has 0 N–H and O–H groups in total. The van der Waals surface area contributed by atoms with Gasteiger partial charge in [-0.05, 0) is 38.1 Å². The second-order valence-corrected chi connectivity index (χ2v) is 6.87. The van der Waals surface area contributed by atoms with Crippen molar-refractivity contribution in [2.24, 2.45) is 0 Å². The van der Waals surface area contributed by atoms with Crippen molar-refractivity contribution in [2.45, 2.75) is 13.8 Å². The molecule has 4 rings (SSSR count). The summed E-state index contributed by atoms with van der Waals surface area (Å²) in [6.45, 7) is 3.76. The summed E-state index contributed by atoms with van der Waals surface area (Å²) in [6, 6.07) is 10.9. The van der Waals surface area contributed by atoms with Gasteiger partial charge in [-0.25, -0.2) is 4.90 Å². The second kappa shape index (κ2) is 4.93. The number of rotatable bonds is 2. The largest absolute Gasteiger partial charge is 0.464 e. The topological polar surface area (TPSA) is 50.5 Å². The highest BCUT2D eigenvalue weighted by molar-refractivity contribution is 7.12. The highest BCUT2D eigenvalue weighted by Gasteiger charge is 2.40. The number of hydrogen-bond acceptors (Lipinski definition) is 4. The molecule has 2 aromatic heterocycles. The molecule has 0 radical (unpaired) electrons. The first-order valence-corrected chi connectivity index (χ1v) is 8.02. The van der Waals surface area contributed by atoms with Crippen LogP contribution in [0.15, 0.2) is 47.1 Å². The van der Waals surface area contributed by atoms with Crippen LogP contribution in [-0.4, -0.2) is 11.8 Å². The summed E-state index contributed by atoms with van der Waals surface area (Å²) >= 11 is 1.49. The smallest absolute Gasteiger partial charge is 0.267 e. The Morgan fingerprint density at radius 2 is 1.65 bits per heavy atom. The van der Waals surface area contributed by atoms with Gasteiger partial charge in [-0.1, -0.05) is 12.1 Å². The van der Waals surface area contributed by atoms with E-state index in [0.29, 0.717) is 22.6 Å². The standard InChI is InChI=1S/C18H13NO3S/c1-10-15-16(11(2)23-10)18(21)19(17(15)20)13-6-3-5-12(9-13)14-7-4-8-22-14/h3-9H,1-2H3. The van der Waals surface area contributed by atoms with Gasteiger partial charge in [-0.3, -0.25) is 9.59 Å². The highest BCUT2D eigenvalue weighted by Crippen LogP contribution is 2.37. The molecule has 0 aliphatic carbocycles. The maximum atomic E-state index is 12.7. The van der Waals surface area contributed by atoms with E-state index in [1.165, 1.54) is 16.2 Å². The molecular formula is C18H13NO3S. The Balaban J connectivity index is 1.81. The van der Waals surface area contributed by atoms with Crippen molar-refractivity contribution >= 4 is 28.8 Å². The molecule has 4 nitrogen and oxygen atoms in total. The summed E-state index contributed by atoms with van der Waals surface area (Å²) in [7, 11) is 0. The Morgan fingerprint density at radius 1 is 0.957 bits per heavy atom. The minimum Gasteiger partial charge on any atom is -0.464 e. The van der Waals surface area contributed by atoms with Crippen molar-refractivity contribution in [3.63, 3.8) is 0 Å². The molecule has 23 heavy (non-hydrogen) atoms. The molecule has 0 saturated carbocycles. The van der Waals surface area contributed by atoms with Crippen LogP contribution < -0.4 is 4.90 Å². The minimum atomic E-state index is -0.247. The van der Waals surface area contributed by atoms with Crippen LogP contribution in [0.1, 0.15) is 30.5 Å². The third-order valence-electron chi connectivity index (χ3n) is 4.00. The van der Waals surface area contributed by atoms with Gasteiger partial charge in [-0.2, -0.15) is 0 Å². The Kier molecular flexibility index (Phi) is 2.99. The number of benzene rings is 1. The third-order valence-corrected chi connectivity index (χ3v) is 5.02. The average molecular weight is 323 g/mol. The van der Waals surface area contributed by atoms with E-state index in [2.05, 4.69) is 0 Å². The lowest BCUT2D eigenvalue weighted by Gasteiger charge is -2.15. The van der Waals surface area contributed by atoms with Gasteiger partial charge in [0.05, 0.1) is 23.1 Å². The first kappa shape index (κ1) is 14.0. The van der Waals surface area contributed by atoms with Gasteiger partial charge in [0.25, 0.3) is 11.8 Å². The zero-order chi connectivity index (χ0) is 16.1. The fourth-order valence-electron chi connectivity index (χ4n) is 2.99. The number of anilines is 1. The first-order valence-electron chi connectivity index (χ1n) is 7.20. The molecule has 0 bridgehead atoms. The molecule has 5 heteroatoms. The number of amides is 2. The lowest BCUT2D eigenvalue weighted by atomic mass is 10.1. The van der Waals surface area contributed by atoms with Crippen LogP contribution in [0.25, 0.3) is 11.3 Å². The van der Waals surface area contributed by atoms with Crippen LogP contribution in [-0.2, 0) is 0 Å². The van der Waals surface area contributed by atoms with E-state index in [9.17, 15) is 9.59 Å². The van der Waals surface area contributed by atoms with Crippen LogP contribution in [0.3, 0.4) is 0 Å². The molecule has 0 unspecified atom stereocenters. The van der Waals surface area contributed by atoms with Gasteiger partial charge in [0.15, 0.2) is 0 Å². The van der Waals surface area contributed by atoms with Gasteiger partial charge < -0.3 is 4.42 Å². The predicted molar refractivity (Wildman–Crippen MR) is 89.1 cm³/mol. The molecule has 0 fully saturated rings. The number of fused-ring (bicyclic) bond motifs is 1. The van der Waals surface area contributed by atoms with Gasteiger partial charge in [-0.15, -0.1) is 11.3 Å². The molecule has 3 aromatic rings.